The first kappa shape index (κ1) is 16.6. The smallest absolute Gasteiger partial charge is 0.220 e. The molecule has 0 spiro atoms. The molecule has 6 heteroatoms. The number of aromatic nitrogens is 2. The summed E-state index contributed by atoms with van der Waals surface area (Å²) in [6, 6.07) is 5.78. The maximum absolute atomic E-state index is 11.8. The molecule has 0 radical (unpaired) electrons. The van der Waals surface area contributed by atoms with Crippen molar-refractivity contribution < 1.29 is 4.79 Å². The van der Waals surface area contributed by atoms with Crippen molar-refractivity contribution in [1.29, 1.82) is 0 Å². The highest BCUT2D eigenvalue weighted by atomic mass is 32.1. The molecule has 0 bridgehead atoms. The summed E-state index contributed by atoms with van der Waals surface area (Å²) in [4.78, 5) is 22.7. The molecule has 1 N–H and O–H groups in total. The molecule has 118 valence electrons. The van der Waals surface area contributed by atoms with Crippen LogP contribution in [-0.2, 0) is 11.2 Å². The monoisotopic (exact) mass is 318 g/mol. The summed E-state index contributed by atoms with van der Waals surface area (Å²) in [5.74, 6) is 0.0890. The van der Waals surface area contributed by atoms with Gasteiger partial charge in [0, 0.05) is 24.5 Å². The third-order valence-corrected chi connectivity index (χ3v) is 4.06. The summed E-state index contributed by atoms with van der Waals surface area (Å²) >= 11 is 1.57. The molecule has 2 aromatic rings. The van der Waals surface area contributed by atoms with E-state index in [1.54, 1.807) is 17.5 Å². The Bertz CT molecular complexity index is 583. The summed E-state index contributed by atoms with van der Waals surface area (Å²) < 4.78 is 0. The van der Waals surface area contributed by atoms with Gasteiger partial charge >= 0.3 is 0 Å². The summed E-state index contributed by atoms with van der Waals surface area (Å²) in [6.45, 7) is 1.72. The number of pyridine rings is 1. The molecule has 0 saturated heterocycles. The SMILES string of the molecule is CN(C)CCCNC(=O)CCc1csc(-c2ccccn2)n1. The van der Waals surface area contributed by atoms with Gasteiger partial charge in [0.05, 0.1) is 11.4 Å². The quantitative estimate of drug-likeness (QED) is 0.758. The van der Waals surface area contributed by atoms with Gasteiger partial charge in [-0.3, -0.25) is 9.78 Å². The lowest BCUT2D eigenvalue weighted by Crippen LogP contribution is -2.27. The number of carbonyl (C=O) groups is 1. The van der Waals surface area contributed by atoms with E-state index in [4.69, 9.17) is 0 Å². The maximum atomic E-state index is 11.8. The molecule has 0 aliphatic carbocycles. The van der Waals surface area contributed by atoms with Crippen LogP contribution in [0, 0.1) is 0 Å². The number of thiazole rings is 1. The Morgan fingerprint density at radius 1 is 1.36 bits per heavy atom. The van der Waals surface area contributed by atoms with E-state index < -0.39 is 0 Å². The molecule has 0 unspecified atom stereocenters. The summed E-state index contributed by atoms with van der Waals surface area (Å²) in [5.41, 5.74) is 1.83. The highest BCUT2D eigenvalue weighted by molar-refractivity contribution is 7.13. The minimum absolute atomic E-state index is 0.0890. The fourth-order valence-corrected chi connectivity index (χ4v) is 2.81. The topological polar surface area (TPSA) is 58.1 Å². The minimum atomic E-state index is 0.0890. The predicted octanol–water partition coefficient (Wildman–Crippen LogP) is 2.21. The van der Waals surface area contributed by atoms with Crippen molar-refractivity contribution in [2.75, 3.05) is 27.2 Å². The second kappa shape index (κ2) is 8.60. The van der Waals surface area contributed by atoms with Crippen LogP contribution < -0.4 is 5.32 Å². The van der Waals surface area contributed by atoms with Gasteiger partial charge in [0.15, 0.2) is 0 Å². The van der Waals surface area contributed by atoms with Crippen molar-refractivity contribution in [1.82, 2.24) is 20.2 Å². The van der Waals surface area contributed by atoms with Gasteiger partial charge in [0.25, 0.3) is 0 Å². The lowest BCUT2D eigenvalue weighted by atomic mass is 10.2. The van der Waals surface area contributed by atoms with E-state index in [1.807, 2.05) is 37.7 Å². The van der Waals surface area contributed by atoms with E-state index in [9.17, 15) is 4.79 Å². The van der Waals surface area contributed by atoms with Gasteiger partial charge in [0.1, 0.15) is 5.01 Å². The van der Waals surface area contributed by atoms with Crippen molar-refractivity contribution >= 4 is 17.2 Å². The van der Waals surface area contributed by atoms with E-state index in [1.165, 1.54) is 0 Å². The van der Waals surface area contributed by atoms with Crippen LogP contribution in [0.25, 0.3) is 10.7 Å². The van der Waals surface area contributed by atoms with Crippen molar-refractivity contribution in [2.24, 2.45) is 0 Å². The van der Waals surface area contributed by atoms with E-state index in [2.05, 4.69) is 20.2 Å². The van der Waals surface area contributed by atoms with Crippen molar-refractivity contribution in [3.63, 3.8) is 0 Å². The van der Waals surface area contributed by atoms with Crippen LogP contribution in [0.3, 0.4) is 0 Å². The van der Waals surface area contributed by atoms with E-state index in [0.717, 1.165) is 35.9 Å². The highest BCUT2D eigenvalue weighted by Gasteiger charge is 2.07. The molecule has 5 nitrogen and oxygen atoms in total. The Morgan fingerprint density at radius 3 is 2.95 bits per heavy atom. The Hall–Kier alpha value is -1.79. The number of nitrogens with one attached hydrogen (secondary N) is 1. The van der Waals surface area contributed by atoms with Gasteiger partial charge in [0.2, 0.25) is 5.91 Å². The van der Waals surface area contributed by atoms with Gasteiger partial charge in [-0.05, 0) is 45.6 Å². The molecular weight excluding hydrogens is 296 g/mol. The third-order valence-electron chi connectivity index (χ3n) is 3.15. The first-order chi connectivity index (χ1) is 10.6. The van der Waals surface area contributed by atoms with Crippen molar-refractivity contribution in [3.8, 4) is 10.7 Å². The van der Waals surface area contributed by atoms with Crippen LogP contribution in [0.2, 0.25) is 0 Å². The van der Waals surface area contributed by atoms with Crippen LogP contribution >= 0.6 is 11.3 Å². The largest absolute Gasteiger partial charge is 0.356 e. The molecule has 0 aliphatic heterocycles. The maximum Gasteiger partial charge on any atom is 0.220 e. The van der Waals surface area contributed by atoms with Crippen LogP contribution in [0.5, 0.6) is 0 Å². The van der Waals surface area contributed by atoms with E-state index >= 15 is 0 Å². The predicted molar refractivity (Wildman–Crippen MR) is 89.8 cm³/mol. The number of rotatable bonds is 8. The number of carbonyl (C=O) groups excluding carboxylic acids is 1. The standard InChI is InChI=1S/C16H22N4OS/c1-20(2)11-5-10-18-15(21)8-7-13-12-22-16(19-13)14-6-3-4-9-17-14/h3-4,6,9,12H,5,7-8,10-11H2,1-2H3,(H,18,21). The molecule has 0 aromatic carbocycles. The molecular formula is C16H22N4OS. The average molecular weight is 318 g/mol. The molecule has 1 amide bonds. The van der Waals surface area contributed by atoms with Crippen LogP contribution in [0.4, 0.5) is 0 Å². The Morgan fingerprint density at radius 2 is 2.23 bits per heavy atom. The first-order valence-electron chi connectivity index (χ1n) is 7.42. The molecule has 2 heterocycles. The van der Waals surface area contributed by atoms with Crippen molar-refractivity contribution in [2.45, 2.75) is 19.3 Å². The highest BCUT2D eigenvalue weighted by Crippen LogP contribution is 2.21. The van der Waals surface area contributed by atoms with Gasteiger partial charge < -0.3 is 10.2 Å². The summed E-state index contributed by atoms with van der Waals surface area (Å²) in [7, 11) is 4.06. The van der Waals surface area contributed by atoms with Gasteiger partial charge in [-0.2, -0.15) is 0 Å². The lowest BCUT2D eigenvalue weighted by Gasteiger charge is -2.09. The summed E-state index contributed by atoms with van der Waals surface area (Å²) in [5, 5.41) is 5.85. The van der Waals surface area contributed by atoms with Gasteiger partial charge in [-0.15, -0.1) is 11.3 Å². The van der Waals surface area contributed by atoms with Crippen LogP contribution in [0.15, 0.2) is 29.8 Å². The fourth-order valence-electron chi connectivity index (χ4n) is 1.98. The van der Waals surface area contributed by atoms with Crippen molar-refractivity contribution in [3.05, 3.63) is 35.5 Å². The van der Waals surface area contributed by atoms with E-state index in [0.29, 0.717) is 12.8 Å². The number of amides is 1. The first-order valence-corrected chi connectivity index (χ1v) is 8.30. The molecule has 0 aliphatic rings. The molecule has 0 fully saturated rings. The number of nitrogens with zero attached hydrogens (tertiary/aromatic N) is 3. The number of aryl methyl sites for hydroxylation is 1. The average Bonchev–Trinajstić information content (AvgIpc) is 2.99. The van der Waals surface area contributed by atoms with Gasteiger partial charge in [-0.25, -0.2) is 4.98 Å². The second-order valence-electron chi connectivity index (χ2n) is 5.37. The number of hydrogen-bond acceptors (Lipinski definition) is 5. The summed E-state index contributed by atoms with van der Waals surface area (Å²) in [6.07, 6.45) is 3.88. The fraction of sp³-hybridized carbons (Fsp3) is 0.438. The molecule has 2 rings (SSSR count). The van der Waals surface area contributed by atoms with Gasteiger partial charge in [-0.1, -0.05) is 6.07 Å². The number of hydrogen-bond donors (Lipinski definition) is 1. The minimum Gasteiger partial charge on any atom is -0.356 e. The Kier molecular flexibility index (Phi) is 6.48. The zero-order valence-corrected chi connectivity index (χ0v) is 13.9. The van der Waals surface area contributed by atoms with Crippen LogP contribution in [0.1, 0.15) is 18.5 Å². The zero-order chi connectivity index (χ0) is 15.8. The molecule has 0 atom stereocenters. The lowest BCUT2D eigenvalue weighted by molar-refractivity contribution is -0.121. The Balaban J connectivity index is 1.73. The molecule has 0 saturated carbocycles. The zero-order valence-electron chi connectivity index (χ0n) is 13.1. The second-order valence-corrected chi connectivity index (χ2v) is 6.22. The Labute approximate surface area is 135 Å². The molecule has 2 aromatic heterocycles. The molecule has 22 heavy (non-hydrogen) atoms. The van der Waals surface area contributed by atoms with Crippen LogP contribution in [-0.4, -0.2) is 48.0 Å². The van der Waals surface area contributed by atoms with E-state index in [-0.39, 0.29) is 5.91 Å². The third kappa shape index (κ3) is 5.54. The normalized spacial score (nSPS) is 10.9.